The molecule has 1 aromatic carbocycles. The monoisotopic (exact) mass is 437 g/mol. The van der Waals surface area contributed by atoms with Crippen LogP contribution in [0, 0.1) is 0 Å². The third-order valence-electron chi connectivity index (χ3n) is 4.26. The standard InChI is InChI=1S/C17H22F3N3O5S/c1-2-28-16(25)23-10-8-22(9-11-23)15(24)6-7-21-29(26,27)14-5-3-4-13(12-14)17(18,19)20/h3-5,12,21H,2,6-11H2,1H3. The lowest BCUT2D eigenvalue weighted by Gasteiger charge is -2.34. The first-order chi connectivity index (χ1) is 13.5. The molecule has 1 fully saturated rings. The summed E-state index contributed by atoms with van der Waals surface area (Å²) in [5.41, 5.74) is -1.07. The number of halogens is 3. The number of ether oxygens (including phenoxy) is 1. The quantitative estimate of drug-likeness (QED) is 0.731. The van der Waals surface area contributed by atoms with E-state index in [-0.39, 0.29) is 38.6 Å². The van der Waals surface area contributed by atoms with Crippen LogP contribution in [-0.4, -0.2) is 69.5 Å². The van der Waals surface area contributed by atoms with Gasteiger partial charge >= 0.3 is 12.3 Å². The second-order valence-electron chi connectivity index (χ2n) is 6.24. The van der Waals surface area contributed by atoms with Crippen molar-refractivity contribution in [2.45, 2.75) is 24.4 Å². The van der Waals surface area contributed by atoms with Crippen LogP contribution in [0.3, 0.4) is 0 Å². The van der Waals surface area contributed by atoms with Crippen molar-refractivity contribution >= 4 is 22.0 Å². The van der Waals surface area contributed by atoms with Crippen molar-refractivity contribution in [3.05, 3.63) is 29.8 Å². The van der Waals surface area contributed by atoms with E-state index in [0.717, 1.165) is 18.2 Å². The van der Waals surface area contributed by atoms with Gasteiger partial charge in [-0.15, -0.1) is 0 Å². The molecule has 2 rings (SSSR count). The molecule has 1 aliphatic heterocycles. The second kappa shape index (κ2) is 9.44. The van der Waals surface area contributed by atoms with Gasteiger partial charge in [-0.3, -0.25) is 4.79 Å². The van der Waals surface area contributed by atoms with E-state index in [1.165, 1.54) is 9.80 Å². The number of benzene rings is 1. The van der Waals surface area contributed by atoms with Gasteiger partial charge in [-0.05, 0) is 25.1 Å². The van der Waals surface area contributed by atoms with Gasteiger partial charge in [-0.1, -0.05) is 6.07 Å². The molecule has 1 heterocycles. The van der Waals surface area contributed by atoms with Gasteiger partial charge in [-0.25, -0.2) is 17.9 Å². The van der Waals surface area contributed by atoms with Gasteiger partial charge in [0.15, 0.2) is 0 Å². The zero-order valence-electron chi connectivity index (χ0n) is 15.7. The molecule has 1 aromatic rings. The number of hydrogen-bond acceptors (Lipinski definition) is 5. The highest BCUT2D eigenvalue weighted by Gasteiger charge is 2.31. The number of amides is 2. The van der Waals surface area contributed by atoms with Gasteiger partial charge < -0.3 is 14.5 Å². The normalized spacial score (nSPS) is 15.3. The van der Waals surface area contributed by atoms with Gasteiger partial charge in [0.05, 0.1) is 17.1 Å². The number of nitrogens with zero attached hydrogens (tertiary/aromatic N) is 2. The van der Waals surface area contributed by atoms with Crippen LogP contribution < -0.4 is 4.72 Å². The van der Waals surface area contributed by atoms with Crippen molar-refractivity contribution in [2.75, 3.05) is 39.3 Å². The lowest BCUT2D eigenvalue weighted by atomic mass is 10.2. The molecule has 0 atom stereocenters. The number of hydrogen-bond donors (Lipinski definition) is 1. The highest BCUT2D eigenvalue weighted by atomic mass is 32.2. The Morgan fingerprint density at radius 1 is 1.14 bits per heavy atom. The molecule has 0 aliphatic carbocycles. The van der Waals surface area contributed by atoms with E-state index in [4.69, 9.17) is 4.74 Å². The Hall–Kier alpha value is -2.34. The fourth-order valence-electron chi connectivity index (χ4n) is 2.73. The van der Waals surface area contributed by atoms with Crippen molar-refractivity contribution < 1.29 is 35.9 Å². The number of piperazine rings is 1. The van der Waals surface area contributed by atoms with Crippen molar-refractivity contribution in [1.29, 1.82) is 0 Å². The highest BCUT2D eigenvalue weighted by Crippen LogP contribution is 2.30. The summed E-state index contributed by atoms with van der Waals surface area (Å²) in [5, 5.41) is 0. The maximum atomic E-state index is 12.7. The van der Waals surface area contributed by atoms with Crippen LogP contribution in [0.15, 0.2) is 29.2 Å². The van der Waals surface area contributed by atoms with Crippen LogP contribution in [0.2, 0.25) is 0 Å². The molecule has 0 bridgehead atoms. The fraction of sp³-hybridized carbons (Fsp3) is 0.529. The van der Waals surface area contributed by atoms with E-state index in [9.17, 15) is 31.2 Å². The molecule has 0 spiro atoms. The fourth-order valence-corrected chi connectivity index (χ4v) is 3.80. The number of rotatable bonds is 6. The third-order valence-corrected chi connectivity index (χ3v) is 5.72. The highest BCUT2D eigenvalue weighted by molar-refractivity contribution is 7.89. The first kappa shape index (κ1) is 22.9. The molecule has 0 saturated carbocycles. The largest absolute Gasteiger partial charge is 0.450 e. The number of sulfonamides is 1. The average Bonchev–Trinajstić information content (AvgIpc) is 2.67. The molecule has 1 aliphatic rings. The van der Waals surface area contributed by atoms with E-state index >= 15 is 0 Å². The van der Waals surface area contributed by atoms with Crippen molar-refractivity contribution in [3.8, 4) is 0 Å². The van der Waals surface area contributed by atoms with Crippen molar-refractivity contribution in [3.63, 3.8) is 0 Å². The molecule has 0 radical (unpaired) electrons. The van der Waals surface area contributed by atoms with E-state index in [1.54, 1.807) is 6.92 Å². The Kier molecular flexibility index (Phi) is 7.47. The number of alkyl halides is 3. The van der Waals surface area contributed by atoms with E-state index in [2.05, 4.69) is 4.72 Å². The minimum absolute atomic E-state index is 0.155. The predicted molar refractivity (Wildman–Crippen MR) is 96.4 cm³/mol. The number of carbonyl (C=O) groups excluding carboxylic acids is 2. The van der Waals surface area contributed by atoms with Crippen LogP contribution in [0.5, 0.6) is 0 Å². The second-order valence-corrected chi connectivity index (χ2v) is 8.01. The Morgan fingerprint density at radius 2 is 1.76 bits per heavy atom. The molecule has 0 aromatic heterocycles. The number of nitrogens with one attached hydrogen (secondary N) is 1. The topological polar surface area (TPSA) is 96.0 Å². The Bertz CT molecular complexity index is 837. The molecule has 0 unspecified atom stereocenters. The van der Waals surface area contributed by atoms with Gasteiger partial charge in [-0.2, -0.15) is 13.2 Å². The zero-order chi connectivity index (χ0) is 21.7. The van der Waals surface area contributed by atoms with Crippen LogP contribution in [0.25, 0.3) is 0 Å². The first-order valence-corrected chi connectivity index (χ1v) is 10.4. The predicted octanol–water partition coefficient (Wildman–Crippen LogP) is 1.67. The molecule has 2 amide bonds. The van der Waals surface area contributed by atoms with Crippen LogP contribution in [0.4, 0.5) is 18.0 Å². The van der Waals surface area contributed by atoms with E-state index in [1.807, 2.05) is 0 Å². The van der Waals surface area contributed by atoms with Crippen LogP contribution in [-0.2, 0) is 25.7 Å². The molecule has 29 heavy (non-hydrogen) atoms. The van der Waals surface area contributed by atoms with E-state index in [0.29, 0.717) is 19.2 Å². The van der Waals surface area contributed by atoms with Crippen molar-refractivity contribution in [1.82, 2.24) is 14.5 Å². The average molecular weight is 437 g/mol. The van der Waals surface area contributed by atoms with Gasteiger partial charge in [0.25, 0.3) is 0 Å². The molecule has 162 valence electrons. The summed E-state index contributed by atoms with van der Waals surface area (Å²) in [5.74, 6) is -0.319. The van der Waals surface area contributed by atoms with Crippen LogP contribution >= 0.6 is 0 Å². The lowest BCUT2D eigenvalue weighted by molar-refractivity contribution is -0.137. The Labute approximate surface area is 166 Å². The summed E-state index contributed by atoms with van der Waals surface area (Å²) in [6.45, 7) is 2.88. The first-order valence-electron chi connectivity index (χ1n) is 8.91. The summed E-state index contributed by atoms with van der Waals surface area (Å²) in [6.07, 6.45) is -5.27. The SMILES string of the molecule is CCOC(=O)N1CCN(C(=O)CCNS(=O)(=O)c2cccc(C(F)(F)F)c2)CC1. The molecule has 8 nitrogen and oxygen atoms in total. The minimum Gasteiger partial charge on any atom is -0.450 e. The maximum absolute atomic E-state index is 12.7. The summed E-state index contributed by atoms with van der Waals surface area (Å²) in [4.78, 5) is 26.3. The van der Waals surface area contributed by atoms with Gasteiger partial charge in [0.1, 0.15) is 0 Å². The number of carbonyl (C=O) groups is 2. The van der Waals surface area contributed by atoms with Gasteiger partial charge in [0.2, 0.25) is 15.9 Å². The minimum atomic E-state index is -4.66. The summed E-state index contributed by atoms with van der Waals surface area (Å²) in [7, 11) is -4.19. The van der Waals surface area contributed by atoms with Crippen molar-refractivity contribution in [2.24, 2.45) is 0 Å². The summed E-state index contributed by atoms with van der Waals surface area (Å²) < 4.78 is 69.6. The van der Waals surface area contributed by atoms with E-state index < -0.39 is 32.8 Å². The molecule has 1 saturated heterocycles. The van der Waals surface area contributed by atoms with Gasteiger partial charge in [0, 0.05) is 39.1 Å². The molecular formula is C17H22F3N3O5S. The molecule has 1 N–H and O–H groups in total. The molecular weight excluding hydrogens is 415 g/mol. The Balaban J connectivity index is 1.85. The maximum Gasteiger partial charge on any atom is 0.416 e. The third kappa shape index (κ3) is 6.32. The zero-order valence-corrected chi connectivity index (χ0v) is 16.6. The van der Waals surface area contributed by atoms with Crippen LogP contribution in [0.1, 0.15) is 18.9 Å². The molecule has 12 heteroatoms. The lowest BCUT2D eigenvalue weighted by Crippen LogP contribution is -2.51. The summed E-state index contributed by atoms with van der Waals surface area (Å²) in [6, 6.07) is 3.37. The Morgan fingerprint density at radius 3 is 2.34 bits per heavy atom. The summed E-state index contributed by atoms with van der Waals surface area (Å²) >= 11 is 0. The smallest absolute Gasteiger partial charge is 0.416 e.